The van der Waals surface area contributed by atoms with Crippen LogP contribution in [0.4, 0.5) is 0 Å². The lowest BCUT2D eigenvalue weighted by Crippen LogP contribution is -2.09. The van der Waals surface area contributed by atoms with Gasteiger partial charge in [0.25, 0.3) is 0 Å². The van der Waals surface area contributed by atoms with Gasteiger partial charge in [-0.25, -0.2) is 4.79 Å². The molecule has 0 aliphatic heterocycles. The predicted octanol–water partition coefficient (Wildman–Crippen LogP) is 3.42. The zero-order valence-electron chi connectivity index (χ0n) is 9.28. The molecule has 0 spiro atoms. The molecule has 82 valence electrons. The van der Waals surface area contributed by atoms with Gasteiger partial charge in [-0.05, 0) is 11.6 Å². The minimum Gasteiger partial charge on any atom is -0.478 e. The van der Waals surface area contributed by atoms with E-state index in [1.807, 2.05) is 12.1 Å². The van der Waals surface area contributed by atoms with Gasteiger partial charge in [0.2, 0.25) is 0 Å². The van der Waals surface area contributed by atoms with E-state index in [1.165, 1.54) is 0 Å². The number of thioether (sulfide) groups is 1. The summed E-state index contributed by atoms with van der Waals surface area (Å²) >= 11 is 1.75. The molecule has 0 aliphatic rings. The Morgan fingerprint density at radius 3 is 2.47 bits per heavy atom. The number of rotatable bonds is 3. The fraction of sp³-hybridized carbons (Fsp3) is 0.417. The Labute approximate surface area is 94.7 Å². The third-order valence-electron chi connectivity index (χ3n) is 1.91. The van der Waals surface area contributed by atoms with Crippen LogP contribution in [0.5, 0.6) is 0 Å². The topological polar surface area (TPSA) is 37.3 Å². The van der Waals surface area contributed by atoms with Crippen molar-refractivity contribution in [2.24, 2.45) is 0 Å². The molecule has 2 nitrogen and oxygen atoms in total. The highest BCUT2D eigenvalue weighted by molar-refractivity contribution is 7.99. The Morgan fingerprint density at radius 2 is 1.93 bits per heavy atom. The van der Waals surface area contributed by atoms with Crippen LogP contribution in [0.15, 0.2) is 24.3 Å². The van der Waals surface area contributed by atoms with Crippen molar-refractivity contribution in [3.05, 3.63) is 35.4 Å². The van der Waals surface area contributed by atoms with E-state index in [1.54, 1.807) is 23.9 Å². The lowest BCUT2D eigenvalue weighted by Gasteiger charge is -2.18. The summed E-state index contributed by atoms with van der Waals surface area (Å²) in [6.45, 7) is 6.38. The van der Waals surface area contributed by atoms with E-state index in [9.17, 15) is 4.79 Å². The maximum absolute atomic E-state index is 10.9. The maximum Gasteiger partial charge on any atom is 0.335 e. The van der Waals surface area contributed by atoms with E-state index in [0.717, 1.165) is 11.3 Å². The SMILES string of the molecule is CC(C)(C)SCc1ccccc1C(=O)O. The molecular weight excluding hydrogens is 208 g/mol. The minimum absolute atomic E-state index is 0.158. The molecule has 0 fully saturated rings. The van der Waals surface area contributed by atoms with Crippen LogP contribution >= 0.6 is 11.8 Å². The van der Waals surface area contributed by atoms with Crippen molar-refractivity contribution in [1.29, 1.82) is 0 Å². The Kier molecular flexibility index (Phi) is 3.80. The van der Waals surface area contributed by atoms with Gasteiger partial charge in [-0.2, -0.15) is 11.8 Å². The molecule has 3 heteroatoms. The molecule has 0 aromatic heterocycles. The molecular formula is C12H16O2S. The van der Waals surface area contributed by atoms with Crippen molar-refractivity contribution < 1.29 is 9.90 Å². The normalized spacial score (nSPS) is 11.4. The van der Waals surface area contributed by atoms with E-state index in [-0.39, 0.29) is 4.75 Å². The van der Waals surface area contributed by atoms with Crippen molar-refractivity contribution in [2.45, 2.75) is 31.3 Å². The monoisotopic (exact) mass is 224 g/mol. The molecule has 0 saturated carbocycles. The summed E-state index contributed by atoms with van der Waals surface area (Å²) in [5, 5.41) is 8.99. The van der Waals surface area contributed by atoms with Crippen LogP contribution in [-0.2, 0) is 5.75 Å². The largest absolute Gasteiger partial charge is 0.478 e. The van der Waals surface area contributed by atoms with E-state index in [0.29, 0.717) is 5.56 Å². The van der Waals surface area contributed by atoms with Crippen LogP contribution in [0.2, 0.25) is 0 Å². The molecule has 1 rings (SSSR count). The summed E-state index contributed by atoms with van der Waals surface area (Å²) in [6, 6.07) is 7.17. The van der Waals surface area contributed by atoms with Crippen molar-refractivity contribution in [2.75, 3.05) is 0 Å². The Hall–Kier alpha value is -0.960. The van der Waals surface area contributed by atoms with Gasteiger partial charge in [0.15, 0.2) is 0 Å². The zero-order chi connectivity index (χ0) is 11.5. The molecule has 0 heterocycles. The second-order valence-corrected chi connectivity index (χ2v) is 6.17. The quantitative estimate of drug-likeness (QED) is 0.854. The minimum atomic E-state index is -0.847. The highest BCUT2D eigenvalue weighted by atomic mass is 32.2. The summed E-state index contributed by atoms with van der Waals surface area (Å²) in [7, 11) is 0. The van der Waals surface area contributed by atoms with Crippen LogP contribution < -0.4 is 0 Å². The van der Waals surface area contributed by atoms with E-state index in [4.69, 9.17) is 5.11 Å². The molecule has 15 heavy (non-hydrogen) atoms. The highest BCUT2D eigenvalue weighted by Crippen LogP contribution is 2.28. The molecule has 0 radical (unpaired) electrons. The number of carboxylic acid groups (broad SMARTS) is 1. The summed E-state index contributed by atoms with van der Waals surface area (Å²) in [6.07, 6.45) is 0. The molecule has 1 aromatic carbocycles. The van der Waals surface area contributed by atoms with Gasteiger partial charge < -0.3 is 5.11 Å². The summed E-state index contributed by atoms with van der Waals surface area (Å²) in [5.74, 6) is -0.105. The first kappa shape index (κ1) is 12.1. The van der Waals surface area contributed by atoms with Crippen LogP contribution in [0, 0.1) is 0 Å². The van der Waals surface area contributed by atoms with Crippen molar-refractivity contribution in [3.63, 3.8) is 0 Å². The number of aromatic carboxylic acids is 1. The first-order chi connectivity index (χ1) is 6.90. The van der Waals surface area contributed by atoms with Crippen LogP contribution in [0.25, 0.3) is 0 Å². The lowest BCUT2D eigenvalue weighted by atomic mass is 10.1. The smallest absolute Gasteiger partial charge is 0.335 e. The number of carbonyl (C=O) groups is 1. The number of hydrogen-bond donors (Lipinski definition) is 1. The van der Waals surface area contributed by atoms with Crippen LogP contribution in [0.3, 0.4) is 0 Å². The average molecular weight is 224 g/mol. The lowest BCUT2D eigenvalue weighted by molar-refractivity contribution is 0.0696. The third-order valence-corrected chi connectivity index (χ3v) is 3.23. The van der Waals surface area contributed by atoms with Crippen molar-refractivity contribution in [3.8, 4) is 0 Å². The fourth-order valence-corrected chi connectivity index (χ4v) is 1.99. The molecule has 0 atom stereocenters. The van der Waals surface area contributed by atoms with Crippen LogP contribution in [0.1, 0.15) is 36.7 Å². The first-order valence-electron chi connectivity index (χ1n) is 4.85. The molecule has 1 N–H and O–H groups in total. The second kappa shape index (κ2) is 4.71. The summed E-state index contributed by atoms with van der Waals surface area (Å²) < 4.78 is 0.158. The van der Waals surface area contributed by atoms with Gasteiger partial charge in [0, 0.05) is 10.5 Å². The zero-order valence-corrected chi connectivity index (χ0v) is 10.1. The number of benzene rings is 1. The molecule has 0 bridgehead atoms. The fourth-order valence-electron chi connectivity index (χ4n) is 1.15. The maximum atomic E-state index is 10.9. The summed E-state index contributed by atoms with van der Waals surface area (Å²) in [5.41, 5.74) is 1.30. The second-order valence-electron chi connectivity index (χ2n) is 4.36. The van der Waals surface area contributed by atoms with Crippen molar-refractivity contribution in [1.82, 2.24) is 0 Å². The third kappa shape index (κ3) is 3.96. The Balaban J connectivity index is 2.81. The molecule has 0 aliphatic carbocycles. The molecule has 1 aromatic rings. The summed E-state index contributed by atoms with van der Waals surface area (Å²) in [4.78, 5) is 10.9. The Bertz CT molecular complexity index is 353. The highest BCUT2D eigenvalue weighted by Gasteiger charge is 2.14. The number of carboxylic acids is 1. The van der Waals surface area contributed by atoms with Gasteiger partial charge in [0.05, 0.1) is 5.56 Å². The molecule has 0 amide bonds. The van der Waals surface area contributed by atoms with Gasteiger partial charge in [-0.15, -0.1) is 0 Å². The predicted molar refractivity (Wildman–Crippen MR) is 64.4 cm³/mol. The van der Waals surface area contributed by atoms with Crippen LogP contribution in [-0.4, -0.2) is 15.8 Å². The first-order valence-corrected chi connectivity index (χ1v) is 5.84. The van der Waals surface area contributed by atoms with E-state index < -0.39 is 5.97 Å². The van der Waals surface area contributed by atoms with Gasteiger partial charge in [-0.1, -0.05) is 39.0 Å². The van der Waals surface area contributed by atoms with E-state index in [2.05, 4.69) is 20.8 Å². The molecule has 0 saturated heterocycles. The van der Waals surface area contributed by atoms with Crippen molar-refractivity contribution >= 4 is 17.7 Å². The Morgan fingerprint density at radius 1 is 1.33 bits per heavy atom. The van der Waals surface area contributed by atoms with Gasteiger partial charge in [0.1, 0.15) is 0 Å². The van der Waals surface area contributed by atoms with Gasteiger partial charge >= 0.3 is 5.97 Å². The standard InChI is InChI=1S/C12H16O2S/c1-12(2,3)15-8-9-6-4-5-7-10(9)11(13)14/h4-7H,8H2,1-3H3,(H,13,14). The average Bonchev–Trinajstić information content (AvgIpc) is 2.14. The number of hydrogen-bond acceptors (Lipinski definition) is 2. The van der Waals surface area contributed by atoms with Gasteiger partial charge in [-0.3, -0.25) is 0 Å². The molecule has 0 unspecified atom stereocenters. The van der Waals surface area contributed by atoms with E-state index >= 15 is 0 Å².